The number of hydrogen-bond acceptors (Lipinski definition) is 2. The van der Waals surface area contributed by atoms with Crippen LogP contribution in [0.4, 0.5) is 0 Å². The average Bonchev–Trinajstić information content (AvgIpc) is 2.04. The van der Waals surface area contributed by atoms with Gasteiger partial charge in [-0.05, 0) is 26.2 Å². The van der Waals surface area contributed by atoms with Gasteiger partial charge in [0.2, 0.25) is 0 Å². The van der Waals surface area contributed by atoms with Crippen LogP contribution in [0.2, 0.25) is 0 Å². The molecule has 12 heavy (non-hydrogen) atoms. The fraction of sp³-hybridized carbons (Fsp3) is 0.600. The minimum atomic E-state index is -0.943. The van der Waals surface area contributed by atoms with Crippen molar-refractivity contribution in [3.05, 3.63) is 24.8 Å². The van der Waals surface area contributed by atoms with Gasteiger partial charge in [-0.2, -0.15) is 0 Å². The molecule has 0 rings (SSSR count). The third-order valence-corrected chi connectivity index (χ3v) is 1.84. The summed E-state index contributed by atoms with van der Waals surface area (Å²) in [7, 11) is 0. The van der Waals surface area contributed by atoms with E-state index in [4.69, 9.17) is 5.11 Å². The Labute approximate surface area is 74.2 Å². The molecule has 0 saturated heterocycles. The van der Waals surface area contributed by atoms with Crippen molar-refractivity contribution in [1.29, 1.82) is 0 Å². The predicted molar refractivity (Wildman–Crippen MR) is 50.9 cm³/mol. The SMILES string of the molecule is C=CC(=C)CCCC(C)(O)CO. The van der Waals surface area contributed by atoms with E-state index >= 15 is 0 Å². The molecule has 1 unspecified atom stereocenters. The molecule has 0 amide bonds. The summed E-state index contributed by atoms with van der Waals surface area (Å²) < 4.78 is 0. The van der Waals surface area contributed by atoms with Crippen molar-refractivity contribution >= 4 is 0 Å². The third-order valence-electron chi connectivity index (χ3n) is 1.84. The van der Waals surface area contributed by atoms with Crippen LogP contribution in [0.25, 0.3) is 0 Å². The standard InChI is InChI=1S/C10H18O2/c1-4-9(2)6-5-7-10(3,12)8-11/h4,11-12H,1-2,5-8H2,3H3. The van der Waals surface area contributed by atoms with Crippen LogP contribution in [0, 0.1) is 0 Å². The van der Waals surface area contributed by atoms with E-state index in [1.54, 1.807) is 13.0 Å². The predicted octanol–water partition coefficient (Wildman–Crippen LogP) is 1.64. The van der Waals surface area contributed by atoms with Crippen molar-refractivity contribution < 1.29 is 10.2 Å². The fourth-order valence-electron chi connectivity index (χ4n) is 0.877. The molecule has 0 aromatic heterocycles. The van der Waals surface area contributed by atoms with Gasteiger partial charge >= 0.3 is 0 Å². The van der Waals surface area contributed by atoms with E-state index in [1.165, 1.54) is 0 Å². The number of hydrogen-bond donors (Lipinski definition) is 2. The van der Waals surface area contributed by atoms with Crippen molar-refractivity contribution in [2.45, 2.75) is 31.8 Å². The lowest BCUT2D eigenvalue weighted by Gasteiger charge is -2.19. The summed E-state index contributed by atoms with van der Waals surface area (Å²) in [4.78, 5) is 0. The molecule has 0 aromatic carbocycles. The Kier molecular flexibility index (Phi) is 4.86. The molecule has 0 radical (unpaired) electrons. The van der Waals surface area contributed by atoms with Gasteiger partial charge in [-0.1, -0.05) is 24.8 Å². The van der Waals surface area contributed by atoms with Gasteiger partial charge in [-0.25, -0.2) is 0 Å². The van der Waals surface area contributed by atoms with Crippen molar-refractivity contribution in [2.24, 2.45) is 0 Å². The number of aliphatic hydroxyl groups is 2. The monoisotopic (exact) mass is 170 g/mol. The lowest BCUT2D eigenvalue weighted by atomic mass is 9.98. The fourth-order valence-corrected chi connectivity index (χ4v) is 0.877. The Morgan fingerprint density at radius 1 is 1.58 bits per heavy atom. The summed E-state index contributed by atoms with van der Waals surface area (Å²) in [5.74, 6) is 0. The Bertz CT molecular complexity index is 159. The maximum Gasteiger partial charge on any atom is 0.0849 e. The Morgan fingerprint density at radius 2 is 2.17 bits per heavy atom. The van der Waals surface area contributed by atoms with Crippen LogP contribution >= 0.6 is 0 Å². The molecule has 2 N–H and O–H groups in total. The molecule has 1 atom stereocenters. The van der Waals surface area contributed by atoms with Crippen molar-refractivity contribution in [3.63, 3.8) is 0 Å². The summed E-state index contributed by atoms with van der Waals surface area (Å²) >= 11 is 0. The number of aliphatic hydroxyl groups excluding tert-OH is 1. The van der Waals surface area contributed by atoms with E-state index in [9.17, 15) is 5.11 Å². The zero-order valence-corrected chi connectivity index (χ0v) is 7.71. The Hall–Kier alpha value is -0.600. The molecule has 0 aromatic rings. The number of allylic oxidation sites excluding steroid dienone is 2. The zero-order chi connectivity index (χ0) is 9.61. The molecule has 0 bridgehead atoms. The van der Waals surface area contributed by atoms with E-state index < -0.39 is 5.60 Å². The van der Waals surface area contributed by atoms with Crippen LogP contribution < -0.4 is 0 Å². The summed E-state index contributed by atoms with van der Waals surface area (Å²) in [6.07, 6.45) is 3.97. The largest absolute Gasteiger partial charge is 0.393 e. The van der Waals surface area contributed by atoms with E-state index in [2.05, 4.69) is 13.2 Å². The minimum Gasteiger partial charge on any atom is -0.393 e. The van der Waals surface area contributed by atoms with Crippen molar-refractivity contribution in [2.75, 3.05) is 6.61 Å². The van der Waals surface area contributed by atoms with Gasteiger partial charge in [0, 0.05) is 0 Å². The highest BCUT2D eigenvalue weighted by Crippen LogP contribution is 2.15. The molecule has 0 aliphatic rings. The molecule has 0 spiro atoms. The quantitative estimate of drug-likeness (QED) is 0.595. The average molecular weight is 170 g/mol. The first-order chi connectivity index (χ1) is 5.52. The van der Waals surface area contributed by atoms with Crippen LogP contribution in [0.1, 0.15) is 26.2 Å². The van der Waals surface area contributed by atoms with Gasteiger partial charge in [0.15, 0.2) is 0 Å². The topological polar surface area (TPSA) is 40.5 Å². The number of rotatable bonds is 6. The second-order valence-corrected chi connectivity index (χ2v) is 3.37. The van der Waals surface area contributed by atoms with Gasteiger partial charge in [-0.3, -0.25) is 0 Å². The highest BCUT2D eigenvalue weighted by atomic mass is 16.3. The molecule has 2 heteroatoms. The van der Waals surface area contributed by atoms with Crippen LogP contribution in [0.15, 0.2) is 24.8 Å². The molecule has 0 heterocycles. The molecular formula is C10H18O2. The maximum absolute atomic E-state index is 9.40. The summed E-state index contributed by atoms with van der Waals surface area (Å²) in [6.45, 7) is 8.78. The molecule has 70 valence electrons. The van der Waals surface area contributed by atoms with Gasteiger partial charge in [0.25, 0.3) is 0 Å². The zero-order valence-electron chi connectivity index (χ0n) is 7.71. The Balaban J connectivity index is 3.56. The van der Waals surface area contributed by atoms with Crippen LogP contribution in [0.5, 0.6) is 0 Å². The molecule has 0 fully saturated rings. The molecule has 2 nitrogen and oxygen atoms in total. The maximum atomic E-state index is 9.40. The molecule has 0 aliphatic heterocycles. The van der Waals surface area contributed by atoms with Crippen LogP contribution in [-0.2, 0) is 0 Å². The summed E-state index contributed by atoms with van der Waals surface area (Å²) in [6, 6.07) is 0. The first-order valence-electron chi connectivity index (χ1n) is 4.15. The summed E-state index contributed by atoms with van der Waals surface area (Å²) in [5.41, 5.74) is 0.0327. The Morgan fingerprint density at radius 3 is 2.58 bits per heavy atom. The first kappa shape index (κ1) is 11.4. The minimum absolute atomic E-state index is 0.187. The van der Waals surface area contributed by atoms with Gasteiger partial charge in [-0.15, -0.1) is 0 Å². The highest BCUT2D eigenvalue weighted by Gasteiger charge is 2.17. The highest BCUT2D eigenvalue weighted by molar-refractivity contribution is 5.10. The lowest BCUT2D eigenvalue weighted by molar-refractivity contribution is -0.00636. The molecule has 0 aliphatic carbocycles. The molecular weight excluding hydrogens is 152 g/mol. The van der Waals surface area contributed by atoms with Gasteiger partial charge < -0.3 is 10.2 Å². The van der Waals surface area contributed by atoms with E-state index in [0.29, 0.717) is 6.42 Å². The van der Waals surface area contributed by atoms with Crippen LogP contribution in [0.3, 0.4) is 0 Å². The second kappa shape index (κ2) is 5.12. The summed E-state index contributed by atoms with van der Waals surface area (Å²) in [5, 5.41) is 18.1. The lowest BCUT2D eigenvalue weighted by Crippen LogP contribution is -2.28. The smallest absolute Gasteiger partial charge is 0.0849 e. The molecule has 0 saturated carbocycles. The van der Waals surface area contributed by atoms with Gasteiger partial charge in [0.1, 0.15) is 0 Å². The van der Waals surface area contributed by atoms with E-state index in [0.717, 1.165) is 18.4 Å². The van der Waals surface area contributed by atoms with Gasteiger partial charge in [0.05, 0.1) is 12.2 Å². The van der Waals surface area contributed by atoms with Crippen LogP contribution in [-0.4, -0.2) is 22.4 Å². The van der Waals surface area contributed by atoms with Crippen molar-refractivity contribution in [3.8, 4) is 0 Å². The van der Waals surface area contributed by atoms with Crippen molar-refractivity contribution in [1.82, 2.24) is 0 Å². The third kappa shape index (κ3) is 5.10. The van der Waals surface area contributed by atoms with E-state index in [1.807, 2.05) is 0 Å². The second-order valence-electron chi connectivity index (χ2n) is 3.37. The normalized spacial score (nSPS) is 15.2. The van der Waals surface area contributed by atoms with E-state index in [-0.39, 0.29) is 6.61 Å². The first-order valence-corrected chi connectivity index (χ1v) is 4.15.